The Morgan fingerprint density at radius 1 is 1.06 bits per heavy atom. The summed E-state index contributed by atoms with van der Waals surface area (Å²) < 4.78 is 5.34. The number of ether oxygens (including phenoxy) is 1. The van der Waals surface area contributed by atoms with Crippen LogP contribution < -0.4 is 0 Å². The van der Waals surface area contributed by atoms with Crippen LogP contribution in [0.15, 0.2) is 0 Å². The molecular weight excluding hydrogens is 228 g/mol. The van der Waals surface area contributed by atoms with E-state index in [1.54, 1.807) is 0 Å². The molecular formula is C15H30O3. The van der Waals surface area contributed by atoms with Gasteiger partial charge < -0.3 is 9.84 Å². The molecule has 108 valence electrons. The molecule has 0 aromatic heterocycles. The molecule has 0 radical (unpaired) electrons. The standard InChI is InChI=1S/C15H30O3/c1-4-5-6-7-8-10-15(2,3)11-13-18-12-9-14(16)17/h4-13H2,1-3H3,(H,16,17). The lowest BCUT2D eigenvalue weighted by molar-refractivity contribution is -0.138. The van der Waals surface area contributed by atoms with E-state index in [1.165, 1.54) is 38.5 Å². The molecule has 0 unspecified atom stereocenters. The van der Waals surface area contributed by atoms with Crippen molar-refractivity contribution in [3.8, 4) is 0 Å². The summed E-state index contributed by atoms with van der Waals surface area (Å²) in [5.74, 6) is -0.787. The summed E-state index contributed by atoms with van der Waals surface area (Å²) in [6.45, 7) is 7.79. The highest BCUT2D eigenvalue weighted by molar-refractivity contribution is 5.66. The lowest BCUT2D eigenvalue weighted by Crippen LogP contribution is -2.15. The van der Waals surface area contributed by atoms with Gasteiger partial charge in [-0.2, -0.15) is 0 Å². The van der Waals surface area contributed by atoms with Crippen LogP contribution in [0.4, 0.5) is 0 Å². The predicted molar refractivity (Wildman–Crippen MR) is 74.8 cm³/mol. The number of hydrogen-bond donors (Lipinski definition) is 1. The monoisotopic (exact) mass is 258 g/mol. The van der Waals surface area contributed by atoms with Gasteiger partial charge in [-0.15, -0.1) is 0 Å². The van der Waals surface area contributed by atoms with Crippen LogP contribution in [-0.4, -0.2) is 24.3 Å². The fourth-order valence-electron chi connectivity index (χ4n) is 1.94. The Labute approximate surface area is 112 Å². The summed E-state index contributed by atoms with van der Waals surface area (Å²) in [7, 11) is 0. The van der Waals surface area contributed by atoms with E-state index in [-0.39, 0.29) is 6.42 Å². The largest absolute Gasteiger partial charge is 0.481 e. The van der Waals surface area contributed by atoms with Crippen LogP contribution in [0.5, 0.6) is 0 Å². The molecule has 0 amide bonds. The fourth-order valence-corrected chi connectivity index (χ4v) is 1.94. The zero-order valence-electron chi connectivity index (χ0n) is 12.3. The minimum atomic E-state index is -0.787. The highest BCUT2D eigenvalue weighted by Crippen LogP contribution is 2.27. The van der Waals surface area contributed by atoms with Gasteiger partial charge in [0.15, 0.2) is 0 Å². The first-order chi connectivity index (χ1) is 8.48. The first kappa shape index (κ1) is 17.4. The second-order valence-corrected chi connectivity index (χ2v) is 5.83. The van der Waals surface area contributed by atoms with E-state index in [1.807, 2.05) is 0 Å². The molecule has 3 heteroatoms. The van der Waals surface area contributed by atoms with E-state index in [0.29, 0.717) is 18.6 Å². The number of rotatable bonds is 12. The average molecular weight is 258 g/mol. The van der Waals surface area contributed by atoms with Crippen LogP contribution in [0.1, 0.15) is 72.1 Å². The van der Waals surface area contributed by atoms with Crippen molar-refractivity contribution in [3.63, 3.8) is 0 Å². The van der Waals surface area contributed by atoms with Crippen molar-refractivity contribution < 1.29 is 14.6 Å². The Bertz CT molecular complexity index is 212. The number of carboxylic acid groups (broad SMARTS) is 1. The van der Waals surface area contributed by atoms with Gasteiger partial charge in [0.1, 0.15) is 0 Å². The van der Waals surface area contributed by atoms with Crippen LogP contribution in [0.3, 0.4) is 0 Å². The van der Waals surface area contributed by atoms with Crippen LogP contribution in [0.2, 0.25) is 0 Å². The van der Waals surface area contributed by atoms with E-state index in [4.69, 9.17) is 9.84 Å². The van der Waals surface area contributed by atoms with Gasteiger partial charge in [-0.25, -0.2) is 0 Å². The second-order valence-electron chi connectivity index (χ2n) is 5.83. The Kier molecular flexibility index (Phi) is 10.0. The summed E-state index contributed by atoms with van der Waals surface area (Å²) in [6, 6.07) is 0. The third-order valence-corrected chi connectivity index (χ3v) is 3.34. The number of unbranched alkanes of at least 4 members (excludes halogenated alkanes) is 4. The molecule has 0 aliphatic carbocycles. The maximum Gasteiger partial charge on any atom is 0.305 e. The summed E-state index contributed by atoms with van der Waals surface area (Å²) in [5.41, 5.74) is 0.315. The molecule has 0 aromatic rings. The molecule has 0 saturated carbocycles. The zero-order valence-corrected chi connectivity index (χ0v) is 12.3. The van der Waals surface area contributed by atoms with Gasteiger partial charge in [0.25, 0.3) is 0 Å². The summed E-state index contributed by atoms with van der Waals surface area (Å²) in [5, 5.41) is 8.48. The Hall–Kier alpha value is -0.570. The van der Waals surface area contributed by atoms with Crippen molar-refractivity contribution in [2.45, 2.75) is 72.1 Å². The lowest BCUT2D eigenvalue weighted by Gasteiger charge is -2.24. The van der Waals surface area contributed by atoms with Crippen molar-refractivity contribution in [3.05, 3.63) is 0 Å². The molecule has 0 atom stereocenters. The van der Waals surface area contributed by atoms with E-state index in [0.717, 1.165) is 6.42 Å². The molecule has 0 heterocycles. The number of hydrogen-bond acceptors (Lipinski definition) is 2. The first-order valence-corrected chi connectivity index (χ1v) is 7.27. The van der Waals surface area contributed by atoms with Gasteiger partial charge in [-0.3, -0.25) is 4.79 Å². The topological polar surface area (TPSA) is 46.5 Å². The van der Waals surface area contributed by atoms with Crippen LogP contribution >= 0.6 is 0 Å². The quantitative estimate of drug-likeness (QED) is 0.532. The molecule has 0 aliphatic rings. The van der Waals surface area contributed by atoms with E-state index in [2.05, 4.69) is 20.8 Å². The smallest absolute Gasteiger partial charge is 0.305 e. The van der Waals surface area contributed by atoms with Gasteiger partial charge >= 0.3 is 5.97 Å². The second kappa shape index (κ2) is 10.4. The molecule has 1 N–H and O–H groups in total. The molecule has 18 heavy (non-hydrogen) atoms. The molecule has 0 aliphatic heterocycles. The van der Waals surface area contributed by atoms with Gasteiger partial charge in [-0.05, 0) is 18.3 Å². The van der Waals surface area contributed by atoms with Crippen LogP contribution in [0.25, 0.3) is 0 Å². The van der Waals surface area contributed by atoms with Crippen molar-refractivity contribution in [1.29, 1.82) is 0 Å². The number of carbonyl (C=O) groups is 1. The third kappa shape index (κ3) is 11.9. The van der Waals surface area contributed by atoms with Gasteiger partial charge in [0, 0.05) is 6.61 Å². The van der Waals surface area contributed by atoms with Crippen molar-refractivity contribution in [2.24, 2.45) is 5.41 Å². The Balaban J connectivity index is 3.45. The van der Waals surface area contributed by atoms with Crippen LogP contribution in [-0.2, 0) is 9.53 Å². The molecule has 0 saturated heterocycles. The third-order valence-electron chi connectivity index (χ3n) is 3.34. The molecule has 0 aromatic carbocycles. The molecule has 0 rings (SSSR count). The highest BCUT2D eigenvalue weighted by atomic mass is 16.5. The summed E-state index contributed by atoms with van der Waals surface area (Å²) in [4.78, 5) is 10.3. The molecule has 0 spiro atoms. The predicted octanol–water partition coefficient (Wildman–Crippen LogP) is 4.25. The molecule has 3 nitrogen and oxygen atoms in total. The molecule has 0 fully saturated rings. The van der Waals surface area contributed by atoms with Gasteiger partial charge in [0.2, 0.25) is 0 Å². The summed E-state index contributed by atoms with van der Waals surface area (Å²) >= 11 is 0. The Morgan fingerprint density at radius 2 is 1.72 bits per heavy atom. The van der Waals surface area contributed by atoms with Gasteiger partial charge in [-0.1, -0.05) is 52.9 Å². The lowest BCUT2D eigenvalue weighted by atomic mass is 9.84. The van der Waals surface area contributed by atoms with Crippen molar-refractivity contribution in [1.82, 2.24) is 0 Å². The average Bonchev–Trinajstić information content (AvgIpc) is 2.27. The highest BCUT2D eigenvalue weighted by Gasteiger charge is 2.16. The maximum absolute atomic E-state index is 10.3. The summed E-state index contributed by atoms with van der Waals surface area (Å²) in [6.07, 6.45) is 8.97. The van der Waals surface area contributed by atoms with E-state index < -0.39 is 5.97 Å². The van der Waals surface area contributed by atoms with Crippen molar-refractivity contribution >= 4 is 5.97 Å². The van der Waals surface area contributed by atoms with Crippen LogP contribution in [0, 0.1) is 5.41 Å². The van der Waals surface area contributed by atoms with E-state index in [9.17, 15) is 4.79 Å². The maximum atomic E-state index is 10.3. The minimum absolute atomic E-state index is 0.109. The minimum Gasteiger partial charge on any atom is -0.481 e. The first-order valence-electron chi connectivity index (χ1n) is 7.27. The van der Waals surface area contributed by atoms with Crippen molar-refractivity contribution in [2.75, 3.05) is 13.2 Å². The van der Waals surface area contributed by atoms with Gasteiger partial charge in [0.05, 0.1) is 13.0 Å². The SMILES string of the molecule is CCCCCCCC(C)(C)CCOCCC(=O)O. The fraction of sp³-hybridized carbons (Fsp3) is 0.933. The number of carboxylic acids is 1. The number of aliphatic carboxylic acids is 1. The normalized spacial score (nSPS) is 11.7. The molecule has 0 bridgehead atoms. The zero-order chi connectivity index (χ0) is 13.9. The van der Waals surface area contributed by atoms with E-state index >= 15 is 0 Å². The Morgan fingerprint density at radius 3 is 2.33 bits per heavy atom.